The number of methoxy groups -OCH3 is 1. The predicted molar refractivity (Wildman–Crippen MR) is 74.4 cm³/mol. The van der Waals surface area contributed by atoms with Crippen LogP contribution in [-0.2, 0) is 9.53 Å². The molecule has 0 saturated carbocycles. The lowest BCUT2D eigenvalue weighted by molar-refractivity contribution is -0.141. The van der Waals surface area contributed by atoms with Crippen LogP contribution < -0.4 is 9.47 Å². The highest BCUT2D eigenvalue weighted by Gasteiger charge is 2.04. The van der Waals surface area contributed by atoms with Crippen LogP contribution in [0.1, 0.15) is 26.3 Å². The Morgan fingerprint density at radius 2 is 2.05 bits per heavy atom. The standard InChI is InChI=1S/C15H20O4/c1-5-18-13-8-6-12(10-14(13)17-4)7-9-15(16)19-11(2)3/h6-11H,5H2,1-4H3/b9-7+. The van der Waals surface area contributed by atoms with Gasteiger partial charge >= 0.3 is 5.97 Å². The topological polar surface area (TPSA) is 44.8 Å². The minimum absolute atomic E-state index is 0.119. The fourth-order valence-electron chi connectivity index (χ4n) is 1.50. The van der Waals surface area contributed by atoms with Gasteiger partial charge in [0.1, 0.15) is 0 Å². The molecule has 0 radical (unpaired) electrons. The van der Waals surface area contributed by atoms with Crippen LogP contribution in [0.4, 0.5) is 0 Å². The number of carbonyl (C=O) groups excluding carboxylic acids is 1. The molecule has 0 N–H and O–H groups in total. The molecule has 0 bridgehead atoms. The van der Waals surface area contributed by atoms with Crippen LogP contribution in [0, 0.1) is 0 Å². The van der Waals surface area contributed by atoms with E-state index in [0.29, 0.717) is 18.1 Å². The van der Waals surface area contributed by atoms with E-state index in [1.165, 1.54) is 6.08 Å². The first-order chi connectivity index (χ1) is 9.06. The molecule has 0 aliphatic heterocycles. The molecule has 0 atom stereocenters. The smallest absolute Gasteiger partial charge is 0.331 e. The van der Waals surface area contributed by atoms with E-state index in [1.54, 1.807) is 13.2 Å². The molecule has 0 amide bonds. The van der Waals surface area contributed by atoms with E-state index in [0.717, 1.165) is 5.56 Å². The molecular formula is C15H20O4. The number of benzene rings is 1. The molecule has 4 heteroatoms. The lowest BCUT2D eigenvalue weighted by atomic mass is 10.2. The summed E-state index contributed by atoms with van der Waals surface area (Å²) in [6.45, 7) is 6.11. The molecule has 0 heterocycles. The molecule has 0 spiro atoms. The van der Waals surface area contributed by atoms with E-state index >= 15 is 0 Å². The van der Waals surface area contributed by atoms with Crippen molar-refractivity contribution in [2.75, 3.05) is 13.7 Å². The second kappa shape index (κ2) is 7.46. The Bertz CT molecular complexity index is 449. The van der Waals surface area contributed by atoms with Crippen LogP contribution in [0.5, 0.6) is 11.5 Å². The van der Waals surface area contributed by atoms with Crippen molar-refractivity contribution in [2.24, 2.45) is 0 Å². The first-order valence-corrected chi connectivity index (χ1v) is 6.26. The zero-order chi connectivity index (χ0) is 14.3. The van der Waals surface area contributed by atoms with Crippen LogP contribution in [0.15, 0.2) is 24.3 Å². The summed E-state index contributed by atoms with van der Waals surface area (Å²) in [5.74, 6) is 0.969. The van der Waals surface area contributed by atoms with Crippen molar-refractivity contribution in [3.8, 4) is 11.5 Å². The Kier molecular flexibility index (Phi) is 5.93. The van der Waals surface area contributed by atoms with Gasteiger partial charge in [0, 0.05) is 6.08 Å². The predicted octanol–water partition coefficient (Wildman–Crippen LogP) is 3.06. The summed E-state index contributed by atoms with van der Waals surface area (Å²) in [5, 5.41) is 0. The second-order valence-electron chi connectivity index (χ2n) is 4.16. The molecule has 0 fully saturated rings. The molecule has 0 saturated heterocycles. The van der Waals surface area contributed by atoms with E-state index in [9.17, 15) is 4.79 Å². The van der Waals surface area contributed by atoms with Crippen molar-refractivity contribution in [3.05, 3.63) is 29.8 Å². The lowest BCUT2D eigenvalue weighted by Gasteiger charge is -2.09. The van der Waals surface area contributed by atoms with Crippen LogP contribution >= 0.6 is 0 Å². The van der Waals surface area contributed by atoms with E-state index in [1.807, 2.05) is 39.0 Å². The number of ether oxygens (including phenoxy) is 3. The number of hydrogen-bond acceptors (Lipinski definition) is 4. The molecule has 1 aromatic carbocycles. The van der Waals surface area contributed by atoms with Gasteiger partial charge in [-0.2, -0.15) is 0 Å². The first kappa shape index (κ1) is 15.1. The second-order valence-corrected chi connectivity index (χ2v) is 4.16. The van der Waals surface area contributed by atoms with Crippen LogP contribution in [-0.4, -0.2) is 25.8 Å². The fourth-order valence-corrected chi connectivity index (χ4v) is 1.50. The number of rotatable bonds is 6. The average Bonchev–Trinajstić information content (AvgIpc) is 2.37. The van der Waals surface area contributed by atoms with Gasteiger partial charge in [0.15, 0.2) is 11.5 Å². The maximum atomic E-state index is 11.4. The van der Waals surface area contributed by atoms with Crippen molar-refractivity contribution >= 4 is 12.0 Å². The maximum Gasteiger partial charge on any atom is 0.331 e. The van der Waals surface area contributed by atoms with E-state index in [-0.39, 0.29) is 12.1 Å². The van der Waals surface area contributed by atoms with Crippen molar-refractivity contribution < 1.29 is 19.0 Å². The Balaban J connectivity index is 2.79. The monoisotopic (exact) mass is 264 g/mol. The average molecular weight is 264 g/mol. The van der Waals surface area contributed by atoms with Gasteiger partial charge in [-0.1, -0.05) is 6.07 Å². The van der Waals surface area contributed by atoms with Gasteiger partial charge in [0.25, 0.3) is 0 Å². The maximum absolute atomic E-state index is 11.4. The van der Waals surface area contributed by atoms with Gasteiger partial charge < -0.3 is 14.2 Å². The SMILES string of the molecule is CCOc1ccc(/C=C/C(=O)OC(C)C)cc1OC. The highest BCUT2D eigenvalue weighted by Crippen LogP contribution is 2.28. The quantitative estimate of drug-likeness (QED) is 0.585. The molecular weight excluding hydrogens is 244 g/mol. The highest BCUT2D eigenvalue weighted by molar-refractivity contribution is 5.87. The third-order valence-corrected chi connectivity index (χ3v) is 2.25. The van der Waals surface area contributed by atoms with Crippen molar-refractivity contribution in [1.29, 1.82) is 0 Å². The fraction of sp³-hybridized carbons (Fsp3) is 0.400. The van der Waals surface area contributed by atoms with E-state index in [4.69, 9.17) is 14.2 Å². The van der Waals surface area contributed by atoms with Gasteiger partial charge in [-0.05, 0) is 44.5 Å². The number of carbonyl (C=O) groups is 1. The number of esters is 1. The van der Waals surface area contributed by atoms with Crippen molar-refractivity contribution in [3.63, 3.8) is 0 Å². The zero-order valence-corrected chi connectivity index (χ0v) is 11.8. The molecule has 0 aliphatic carbocycles. The van der Waals surface area contributed by atoms with Crippen LogP contribution in [0.25, 0.3) is 6.08 Å². The Hall–Kier alpha value is -1.97. The van der Waals surface area contributed by atoms with Gasteiger partial charge in [-0.15, -0.1) is 0 Å². The van der Waals surface area contributed by atoms with Crippen LogP contribution in [0.2, 0.25) is 0 Å². The molecule has 19 heavy (non-hydrogen) atoms. The van der Waals surface area contributed by atoms with Gasteiger partial charge in [-0.3, -0.25) is 0 Å². The summed E-state index contributed by atoms with van der Waals surface area (Å²) in [6, 6.07) is 5.48. The third-order valence-electron chi connectivity index (χ3n) is 2.25. The van der Waals surface area contributed by atoms with Crippen molar-refractivity contribution in [2.45, 2.75) is 26.9 Å². The molecule has 0 aliphatic rings. The summed E-state index contributed by atoms with van der Waals surface area (Å²) in [5.41, 5.74) is 0.848. The Morgan fingerprint density at radius 3 is 2.63 bits per heavy atom. The summed E-state index contributed by atoms with van der Waals surface area (Å²) >= 11 is 0. The molecule has 104 valence electrons. The molecule has 0 aromatic heterocycles. The third kappa shape index (κ3) is 5.04. The summed E-state index contributed by atoms with van der Waals surface area (Å²) in [4.78, 5) is 11.4. The summed E-state index contributed by atoms with van der Waals surface area (Å²) in [7, 11) is 1.58. The largest absolute Gasteiger partial charge is 0.493 e. The zero-order valence-electron chi connectivity index (χ0n) is 11.8. The Morgan fingerprint density at radius 1 is 1.32 bits per heavy atom. The minimum atomic E-state index is -0.358. The minimum Gasteiger partial charge on any atom is -0.493 e. The Labute approximate surface area is 114 Å². The molecule has 0 unspecified atom stereocenters. The highest BCUT2D eigenvalue weighted by atomic mass is 16.5. The number of hydrogen-bond donors (Lipinski definition) is 0. The molecule has 1 rings (SSSR count). The van der Waals surface area contributed by atoms with Gasteiger partial charge in [-0.25, -0.2) is 4.79 Å². The molecule has 4 nitrogen and oxygen atoms in total. The van der Waals surface area contributed by atoms with Gasteiger partial charge in [0.05, 0.1) is 19.8 Å². The van der Waals surface area contributed by atoms with Crippen LogP contribution in [0.3, 0.4) is 0 Å². The van der Waals surface area contributed by atoms with Gasteiger partial charge in [0.2, 0.25) is 0 Å². The summed E-state index contributed by atoms with van der Waals surface area (Å²) in [6.07, 6.45) is 2.96. The normalized spacial score (nSPS) is 10.8. The molecule has 1 aromatic rings. The summed E-state index contributed by atoms with van der Waals surface area (Å²) < 4.78 is 15.7. The lowest BCUT2D eigenvalue weighted by Crippen LogP contribution is -2.08. The first-order valence-electron chi connectivity index (χ1n) is 6.26. The van der Waals surface area contributed by atoms with E-state index in [2.05, 4.69) is 0 Å². The van der Waals surface area contributed by atoms with E-state index < -0.39 is 0 Å². The van der Waals surface area contributed by atoms with Crippen molar-refractivity contribution in [1.82, 2.24) is 0 Å².